The molecule has 2 aromatic carbocycles. The molecule has 1 aliphatic rings. The number of nitrogens with zero attached hydrogens (tertiary/aromatic N) is 2. The molecule has 38 heavy (non-hydrogen) atoms. The fraction of sp³-hybridized carbons (Fsp3) is 0.357. The third kappa shape index (κ3) is 4.96. The molecule has 0 saturated carbocycles. The van der Waals surface area contributed by atoms with Crippen LogP contribution in [-0.4, -0.2) is 57.4 Å². The molecular weight excluding hydrogens is 496 g/mol. The molecule has 0 amide bonds. The number of ketones is 1. The zero-order valence-corrected chi connectivity index (χ0v) is 22.1. The first kappa shape index (κ1) is 27.1. The van der Waals surface area contributed by atoms with E-state index in [0.717, 1.165) is 6.07 Å². The van der Waals surface area contributed by atoms with Crippen molar-refractivity contribution in [2.75, 3.05) is 45.9 Å². The van der Waals surface area contributed by atoms with Crippen LogP contribution in [0.5, 0.6) is 17.2 Å². The number of pyridine rings is 1. The van der Waals surface area contributed by atoms with Gasteiger partial charge in [0.1, 0.15) is 11.5 Å². The Morgan fingerprint density at radius 3 is 2.39 bits per heavy atom. The maximum absolute atomic E-state index is 15.8. The molecular formula is C28H31F2N3O5. The summed E-state index contributed by atoms with van der Waals surface area (Å²) in [5.74, 6) is -1.04. The Labute approximate surface area is 219 Å². The van der Waals surface area contributed by atoms with Crippen molar-refractivity contribution in [1.82, 2.24) is 9.88 Å². The van der Waals surface area contributed by atoms with Crippen LogP contribution in [0.2, 0.25) is 0 Å². The zero-order chi connectivity index (χ0) is 27.6. The van der Waals surface area contributed by atoms with Crippen LogP contribution in [0.15, 0.2) is 35.3 Å². The fourth-order valence-corrected chi connectivity index (χ4v) is 4.79. The number of hydrogen-bond donors (Lipinski definition) is 1. The van der Waals surface area contributed by atoms with Gasteiger partial charge in [-0.15, -0.1) is 0 Å². The molecule has 1 fully saturated rings. The van der Waals surface area contributed by atoms with Gasteiger partial charge in [0.2, 0.25) is 11.2 Å². The van der Waals surface area contributed by atoms with Crippen molar-refractivity contribution in [2.24, 2.45) is 0 Å². The number of methoxy groups -OCH3 is 3. The van der Waals surface area contributed by atoms with Crippen LogP contribution in [0, 0.1) is 11.6 Å². The summed E-state index contributed by atoms with van der Waals surface area (Å²) in [6.45, 7) is 5.42. The molecule has 4 rings (SSSR count). The number of aryl methyl sites for hydroxylation is 1. The molecule has 1 N–H and O–H groups in total. The highest BCUT2D eigenvalue weighted by atomic mass is 19.1. The first-order valence-electron chi connectivity index (χ1n) is 12.3. The van der Waals surface area contributed by atoms with Crippen molar-refractivity contribution in [3.05, 3.63) is 63.5 Å². The van der Waals surface area contributed by atoms with E-state index >= 15 is 8.78 Å². The van der Waals surface area contributed by atoms with E-state index in [4.69, 9.17) is 14.2 Å². The number of benzene rings is 2. The van der Waals surface area contributed by atoms with Gasteiger partial charge in [0.15, 0.2) is 23.1 Å². The van der Waals surface area contributed by atoms with Gasteiger partial charge in [-0.05, 0) is 43.7 Å². The van der Waals surface area contributed by atoms with E-state index in [1.54, 1.807) is 24.0 Å². The first-order valence-corrected chi connectivity index (χ1v) is 12.3. The van der Waals surface area contributed by atoms with Gasteiger partial charge >= 0.3 is 0 Å². The molecule has 0 spiro atoms. The van der Waals surface area contributed by atoms with Crippen molar-refractivity contribution in [3.63, 3.8) is 0 Å². The number of fused-ring (bicyclic) bond motifs is 1. The molecule has 2 heterocycles. The fourth-order valence-electron chi connectivity index (χ4n) is 4.79. The minimum absolute atomic E-state index is 0.0229. The lowest BCUT2D eigenvalue weighted by Gasteiger charge is -2.34. The van der Waals surface area contributed by atoms with Crippen molar-refractivity contribution in [1.29, 1.82) is 0 Å². The van der Waals surface area contributed by atoms with Crippen LogP contribution in [0.1, 0.15) is 29.8 Å². The molecule has 202 valence electrons. The standard InChI is InChI=1S/C28H31F2N3O5/c1-6-32-15-19(21(34)8-7-17-11-22(36-3)28(38-5)23(12-17)37-4)27(35)18-13-20(29)26(24(30)25(18)32)33-10-9-31-16(2)14-33/h7-8,11-13,15-16,31H,6,9-10,14H2,1-5H3/b8-7+. The van der Waals surface area contributed by atoms with Crippen LogP contribution in [0.4, 0.5) is 14.5 Å². The Kier molecular flexibility index (Phi) is 8.01. The molecule has 1 atom stereocenters. The van der Waals surface area contributed by atoms with E-state index in [0.29, 0.717) is 42.4 Å². The predicted molar refractivity (Wildman–Crippen MR) is 143 cm³/mol. The molecule has 1 aromatic heterocycles. The van der Waals surface area contributed by atoms with Gasteiger partial charge in [0, 0.05) is 38.4 Å². The lowest BCUT2D eigenvalue weighted by Crippen LogP contribution is -2.49. The van der Waals surface area contributed by atoms with Crippen molar-refractivity contribution >= 4 is 28.4 Å². The van der Waals surface area contributed by atoms with E-state index in [1.807, 2.05) is 6.92 Å². The number of halogens is 2. The lowest BCUT2D eigenvalue weighted by molar-refractivity contribution is 0.104. The van der Waals surface area contributed by atoms with E-state index in [2.05, 4.69) is 5.32 Å². The molecule has 1 unspecified atom stereocenters. The van der Waals surface area contributed by atoms with Crippen LogP contribution < -0.4 is 29.9 Å². The quantitative estimate of drug-likeness (QED) is 0.350. The minimum Gasteiger partial charge on any atom is -0.493 e. The number of ether oxygens (including phenoxy) is 3. The maximum Gasteiger partial charge on any atom is 0.203 e. The van der Waals surface area contributed by atoms with Gasteiger partial charge in [0.05, 0.1) is 37.8 Å². The van der Waals surface area contributed by atoms with E-state index < -0.39 is 22.8 Å². The molecule has 1 aliphatic heterocycles. The van der Waals surface area contributed by atoms with Gasteiger partial charge in [-0.1, -0.05) is 6.08 Å². The third-order valence-electron chi connectivity index (χ3n) is 6.63. The average molecular weight is 528 g/mol. The normalized spacial score (nSPS) is 15.8. The number of aromatic nitrogens is 1. The Balaban J connectivity index is 1.77. The number of piperazine rings is 1. The zero-order valence-electron chi connectivity index (χ0n) is 22.1. The third-order valence-corrected chi connectivity index (χ3v) is 6.63. The van der Waals surface area contributed by atoms with Gasteiger partial charge in [-0.2, -0.15) is 0 Å². The first-order chi connectivity index (χ1) is 18.2. The number of anilines is 1. The van der Waals surface area contributed by atoms with Gasteiger partial charge in [-0.25, -0.2) is 8.78 Å². The second-order valence-electron chi connectivity index (χ2n) is 9.03. The van der Waals surface area contributed by atoms with E-state index in [9.17, 15) is 9.59 Å². The van der Waals surface area contributed by atoms with E-state index in [-0.39, 0.29) is 34.7 Å². The SMILES string of the molecule is CCn1cc(C(=O)/C=C/c2cc(OC)c(OC)c(OC)c2)c(=O)c2cc(F)c(N3CCNC(C)C3)c(F)c21. The van der Waals surface area contributed by atoms with Gasteiger partial charge in [-0.3, -0.25) is 9.59 Å². The largest absolute Gasteiger partial charge is 0.493 e. The Morgan fingerprint density at radius 1 is 1.13 bits per heavy atom. The number of rotatable bonds is 8. The topological polar surface area (TPSA) is 82.0 Å². The number of carbonyl (C=O) groups is 1. The number of allylic oxidation sites excluding steroid dienone is 1. The highest BCUT2D eigenvalue weighted by Gasteiger charge is 2.27. The summed E-state index contributed by atoms with van der Waals surface area (Å²) in [5, 5.41) is 3.07. The second kappa shape index (κ2) is 11.2. The Bertz CT molecular complexity index is 1440. The molecule has 0 bridgehead atoms. The lowest BCUT2D eigenvalue weighted by atomic mass is 10.0. The summed E-state index contributed by atoms with van der Waals surface area (Å²) >= 11 is 0. The summed E-state index contributed by atoms with van der Waals surface area (Å²) in [4.78, 5) is 28.1. The molecule has 3 aromatic rings. The number of carbonyl (C=O) groups excluding carboxylic acids is 1. The highest BCUT2D eigenvalue weighted by Crippen LogP contribution is 2.38. The summed E-state index contributed by atoms with van der Waals surface area (Å²) < 4.78 is 48.5. The van der Waals surface area contributed by atoms with Gasteiger partial charge < -0.3 is 29.0 Å². The van der Waals surface area contributed by atoms with Crippen molar-refractivity contribution < 1.29 is 27.8 Å². The average Bonchev–Trinajstić information content (AvgIpc) is 2.91. The molecule has 0 aliphatic carbocycles. The summed E-state index contributed by atoms with van der Waals surface area (Å²) in [5.41, 5.74) is -0.539. The summed E-state index contributed by atoms with van der Waals surface area (Å²) in [6, 6.07) is 4.40. The van der Waals surface area contributed by atoms with Crippen LogP contribution >= 0.6 is 0 Å². The molecule has 1 saturated heterocycles. The monoisotopic (exact) mass is 527 g/mol. The second-order valence-corrected chi connectivity index (χ2v) is 9.03. The predicted octanol–water partition coefficient (Wildman–Crippen LogP) is 4.02. The molecule has 0 radical (unpaired) electrons. The van der Waals surface area contributed by atoms with Crippen LogP contribution in [-0.2, 0) is 6.54 Å². The van der Waals surface area contributed by atoms with E-state index in [1.165, 1.54) is 44.2 Å². The number of nitrogens with one attached hydrogen (secondary N) is 1. The molecule has 8 nitrogen and oxygen atoms in total. The Hall–Kier alpha value is -3.92. The van der Waals surface area contributed by atoms with Crippen LogP contribution in [0.3, 0.4) is 0 Å². The van der Waals surface area contributed by atoms with Crippen molar-refractivity contribution in [2.45, 2.75) is 26.4 Å². The van der Waals surface area contributed by atoms with Crippen molar-refractivity contribution in [3.8, 4) is 17.2 Å². The highest BCUT2D eigenvalue weighted by molar-refractivity contribution is 6.08. The van der Waals surface area contributed by atoms with Gasteiger partial charge in [0.25, 0.3) is 0 Å². The number of hydrogen-bond acceptors (Lipinski definition) is 7. The van der Waals surface area contributed by atoms with Crippen LogP contribution in [0.25, 0.3) is 17.0 Å². The minimum atomic E-state index is -0.832. The molecule has 10 heteroatoms. The maximum atomic E-state index is 15.8. The summed E-state index contributed by atoms with van der Waals surface area (Å²) in [7, 11) is 4.44. The summed E-state index contributed by atoms with van der Waals surface area (Å²) in [6.07, 6.45) is 4.06. The smallest absolute Gasteiger partial charge is 0.203 e. The Morgan fingerprint density at radius 2 is 1.82 bits per heavy atom.